The van der Waals surface area contributed by atoms with E-state index >= 15 is 0 Å². The van der Waals surface area contributed by atoms with E-state index in [1.54, 1.807) is 6.20 Å². The molecule has 2 atom stereocenters. The first-order valence-corrected chi connectivity index (χ1v) is 6.07. The van der Waals surface area contributed by atoms with E-state index in [1.807, 2.05) is 12.1 Å². The molecule has 1 aliphatic rings. The average Bonchev–Trinajstić information content (AvgIpc) is 2.50. The molecule has 1 heterocycles. The van der Waals surface area contributed by atoms with Crippen molar-refractivity contribution in [3.63, 3.8) is 0 Å². The van der Waals surface area contributed by atoms with Crippen LogP contribution in [-0.4, -0.2) is 16.2 Å². The lowest BCUT2D eigenvalue weighted by Gasteiger charge is -2.18. The van der Waals surface area contributed by atoms with Gasteiger partial charge < -0.3 is 5.32 Å². The van der Waals surface area contributed by atoms with Crippen LogP contribution in [-0.2, 0) is 6.54 Å². The Labute approximate surface area is 97.7 Å². The van der Waals surface area contributed by atoms with Crippen LogP contribution in [0.3, 0.4) is 0 Å². The molecule has 1 aliphatic carbocycles. The van der Waals surface area contributed by atoms with E-state index in [2.05, 4.69) is 36.3 Å². The van der Waals surface area contributed by atoms with Crippen LogP contribution in [0.25, 0.3) is 0 Å². The van der Waals surface area contributed by atoms with Crippen molar-refractivity contribution in [3.05, 3.63) is 24.0 Å². The summed E-state index contributed by atoms with van der Waals surface area (Å²) in [5.41, 5.74) is 1.51. The van der Waals surface area contributed by atoms with Gasteiger partial charge in [-0.2, -0.15) is 10.2 Å². The van der Waals surface area contributed by atoms with Crippen LogP contribution in [0.15, 0.2) is 18.3 Å². The minimum absolute atomic E-state index is 0.486. The maximum absolute atomic E-state index is 4.09. The molecule has 0 saturated heterocycles. The first kappa shape index (κ1) is 11.5. The van der Waals surface area contributed by atoms with Gasteiger partial charge in [0.25, 0.3) is 0 Å². The van der Waals surface area contributed by atoms with Gasteiger partial charge in [-0.25, -0.2) is 0 Å². The maximum atomic E-state index is 4.09. The summed E-state index contributed by atoms with van der Waals surface area (Å²) in [6.45, 7) is 7.88. The van der Waals surface area contributed by atoms with Crippen molar-refractivity contribution in [3.8, 4) is 0 Å². The lowest BCUT2D eigenvalue weighted by Crippen LogP contribution is -2.31. The molecule has 88 valence electrons. The van der Waals surface area contributed by atoms with Crippen molar-refractivity contribution in [1.82, 2.24) is 15.5 Å². The fourth-order valence-corrected chi connectivity index (χ4v) is 2.83. The van der Waals surface area contributed by atoms with Crippen molar-refractivity contribution in [1.29, 1.82) is 0 Å². The van der Waals surface area contributed by atoms with Gasteiger partial charge in [-0.15, -0.1) is 0 Å². The quantitative estimate of drug-likeness (QED) is 0.848. The highest BCUT2D eigenvalue weighted by molar-refractivity contribution is 5.00. The number of nitrogens with one attached hydrogen (secondary N) is 1. The van der Waals surface area contributed by atoms with Gasteiger partial charge in [0, 0.05) is 18.8 Å². The molecule has 0 radical (unpaired) electrons. The summed E-state index contributed by atoms with van der Waals surface area (Å²) >= 11 is 0. The van der Waals surface area contributed by atoms with E-state index in [1.165, 1.54) is 12.8 Å². The average molecular weight is 219 g/mol. The first-order valence-electron chi connectivity index (χ1n) is 6.07. The maximum Gasteiger partial charge on any atom is 0.0769 e. The molecule has 16 heavy (non-hydrogen) atoms. The number of rotatable bonds is 3. The standard InChI is InChI=1S/C13H21N3/c1-10-7-13(2,3)8-12(10)14-9-11-5-4-6-15-16-11/h4-6,10,12,14H,7-9H2,1-3H3. The van der Waals surface area contributed by atoms with E-state index in [4.69, 9.17) is 0 Å². The van der Waals surface area contributed by atoms with Gasteiger partial charge in [0.1, 0.15) is 0 Å². The summed E-state index contributed by atoms with van der Waals surface area (Å²) in [6.07, 6.45) is 4.28. The monoisotopic (exact) mass is 219 g/mol. The van der Waals surface area contributed by atoms with E-state index in [-0.39, 0.29) is 0 Å². The Morgan fingerprint density at radius 1 is 1.44 bits per heavy atom. The largest absolute Gasteiger partial charge is 0.308 e. The Kier molecular flexibility index (Phi) is 3.24. The molecule has 1 N–H and O–H groups in total. The van der Waals surface area contributed by atoms with Crippen LogP contribution in [0, 0.1) is 11.3 Å². The summed E-state index contributed by atoms with van der Waals surface area (Å²) in [5.74, 6) is 0.756. The molecule has 0 spiro atoms. The predicted molar refractivity (Wildman–Crippen MR) is 64.8 cm³/mol. The van der Waals surface area contributed by atoms with E-state index in [9.17, 15) is 0 Å². The molecule has 1 fully saturated rings. The second kappa shape index (κ2) is 4.50. The Bertz CT molecular complexity index is 334. The molecule has 0 aromatic carbocycles. The summed E-state index contributed by atoms with van der Waals surface area (Å²) in [6, 6.07) is 4.58. The van der Waals surface area contributed by atoms with Crippen LogP contribution in [0.1, 0.15) is 39.3 Å². The lowest BCUT2D eigenvalue weighted by atomic mass is 9.91. The van der Waals surface area contributed by atoms with Gasteiger partial charge in [-0.05, 0) is 36.3 Å². The zero-order valence-corrected chi connectivity index (χ0v) is 10.4. The Hall–Kier alpha value is -0.960. The summed E-state index contributed by atoms with van der Waals surface area (Å²) in [4.78, 5) is 0. The number of hydrogen-bond donors (Lipinski definition) is 1. The van der Waals surface area contributed by atoms with Gasteiger partial charge in [0.2, 0.25) is 0 Å². The third-order valence-electron chi connectivity index (χ3n) is 3.51. The van der Waals surface area contributed by atoms with Crippen LogP contribution in [0.2, 0.25) is 0 Å². The normalized spacial score (nSPS) is 28.2. The van der Waals surface area contributed by atoms with Gasteiger partial charge in [0.15, 0.2) is 0 Å². The SMILES string of the molecule is CC1CC(C)(C)CC1NCc1cccnn1. The van der Waals surface area contributed by atoms with Crippen molar-refractivity contribution in [2.75, 3.05) is 0 Å². The topological polar surface area (TPSA) is 37.8 Å². The smallest absolute Gasteiger partial charge is 0.0769 e. The highest BCUT2D eigenvalue weighted by Gasteiger charge is 2.36. The second-order valence-corrected chi connectivity index (χ2v) is 5.75. The van der Waals surface area contributed by atoms with Gasteiger partial charge in [0.05, 0.1) is 5.69 Å². The molecule has 0 bridgehead atoms. The van der Waals surface area contributed by atoms with Gasteiger partial charge in [-0.1, -0.05) is 20.8 Å². The summed E-state index contributed by atoms with van der Waals surface area (Å²) < 4.78 is 0. The molecule has 0 aliphatic heterocycles. The molecule has 1 saturated carbocycles. The van der Waals surface area contributed by atoms with Gasteiger partial charge >= 0.3 is 0 Å². The molecule has 3 heteroatoms. The molecule has 1 aromatic rings. The van der Waals surface area contributed by atoms with Crippen LogP contribution in [0.5, 0.6) is 0 Å². The molecular weight excluding hydrogens is 198 g/mol. The number of hydrogen-bond acceptors (Lipinski definition) is 3. The van der Waals surface area contributed by atoms with Crippen molar-refractivity contribution >= 4 is 0 Å². The Morgan fingerprint density at radius 3 is 2.81 bits per heavy atom. The van der Waals surface area contributed by atoms with E-state index in [0.29, 0.717) is 11.5 Å². The Morgan fingerprint density at radius 2 is 2.25 bits per heavy atom. The molecule has 3 nitrogen and oxygen atoms in total. The number of aromatic nitrogens is 2. The zero-order chi connectivity index (χ0) is 11.6. The molecule has 0 amide bonds. The minimum atomic E-state index is 0.486. The Balaban J connectivity index is 1.87. The fraction of sp³-hybridized carbons (Fsp3) is 0.692. The van der Waals surface area contributed by atoms with Crippen molar-refractivity contribution in [2.24, 2.45) is 11.3 Å². The van der Waals surface area contributed by atoms with E-state index in [0.717, 1.165) is 18.2 Å². The minimum Gasteiger partial charge on any atom is -0.308 e. The molecule has 2 rings (SSSR count). The van der Waals surface area contributed by atoms with Crippen molar-refractivity contribution in [2.45, 2.75) is 46.2 Å². The third kappa shape index (κ3) is 2.79. The van der Waals surface area contributed by atoms with Crippen LogP contribution < -0.4 is 5.32 Å². The third-order valence-corrected chi connectivity index (χ3v) is 3.51. The van der Waals surface area contributed by atoms with E-state index < -0.39 is 0 Å². The zero-order valence-electron chi connectivity index (χ0n) is 10.4. The molecule has 2 unspecified atom stereocenters. The first-order chi connectivity index (χ1) is 7.57. The number of nitrogens with zero attached hydrogens (tertiary/aromatic N) is 2. The lowest BCUT2D eigenvalue weighted by molar-refractivity contribution is 0.361. The highest BCUT2D eigenvalue weighted by Crippen LogP contribution is 2.40. The van der Waals surface area contributed by atoms with Crippen molar-refractivity contribution < 1.29 is 0 Å². The molecule has 1 aromatic heterocycles. The highest BCUT2D eigenvalue weighted by atomic mass is 15.1. The summed E-state index contributed by atoms with van der Waals surface area (Å²) in [7, 11) is 0. The molecular formula is C13H21N3. The summed E-state index contributed by atoms with van der Waals surface area (Å²) in [5, 5.41) is 11.6. The van der Waals surface area contributed by atoms with Crippen LogP contribution >= 0.6 is 0 Å². The van der Waals surface area contributed by atoms with Crippen LogP contribution in [0.4, 0.5) is 0 Å². The van der Waals surface area contributed by atoms with Gasteiger partial charge in [-0.3, -0.25) is 0 Å². The fourth-order valence-electron chi connectivity index (χ4n) is 2.83. The second-order valence-electron chi connectivity index (χ2n) is 5.75. The predicted octanol–water partition coefficient (Wildman–Crippen LogP) is 2.39.